The van der Waals surface area contributed by atoms with Crippen LogP contribution in [0.5, 0.6) is 11.5 Å². The van der Waals surface area contributed by atoms with E-state index < -0.39 is 16.3 Å². The fourth-order valence-electron chi connectivity index (χ4n) is 3.11. The van der Waals surface area contributed by atoms with Crippen LogP contribution in [-0.2, 0) is 19.1 Å². The first-order valence-corrected chi connectivity index (χ1v) is 10.9. The third-order valence-electron chi connectivity index (χ3n) is 5.23. The monoisotopic (exact) mass is 490 g/mol. The van der Waals surface area contributed by atoms with E-state index in [0.717, 1.165) is 22.6 Å². The Kier molecular flexibility index (Phi) is 8.42. The third kappa shape index (κ3) is 7.01. The van der Waals surface area contributed by atoms with Gasteiger partial charge in [-0.05, 0) is 47.5 Å². The van der Waals surface area contributed by atoms with E-state index in [-0.39, 0.29) is 25.0 Å². The molecule has 0 aromatic heterocycles. The number of halogens is 2. The molecule has 174 valence electrons. The van der Waals surface area contributed by atoms with Gasteiger partial charge in [-0.2, -0.15) is 0 Å². The number of ether oxygens (including phenoxy) is 4. The predicted molar refractivity (Wildman–Crippen MR) is 127 cm³/mol. The van der Waals surface area contributed by atoms with Crippen LogP contribution in [0, 0.1) is 11.8 Å². The van der Waals surface area contributed by atoms with Crippen molar-refractivity contribution in [2.45, 2.75) is 4.33 Å². The number of methoxy groups -OCH3 is 2. The maximum absolute atomic E-state index is 12.0. The van der Waals surface area contributed by atoms with Crippen LogP contribution in [0.1, 0.15) is 11.1 Å². The van der Waals surface area contributed by atoms with Gasteiger partial charge in [-0.25, -0.2) is 9.59 Å². The number of hydrogen-bond acceptors (Lipinski definition) is 6. The molecule has 0 saturated heterocycles. The van der Waals surface area contributed by atoms with Crippen LogP contribution in [0.15, 0.2) is 60.7 Å². The van der Waals surface area contributed by atoms with Gasteiger partial charge in [0, 0.05) is 24.0 Å². The maximum atomic E-state index is 12.0. The summed E-state index contributed by atoms with van der Waals surface area (Å²) in [6, 6.07) is 14.5. The molecule has 1 aliphatic carbocycles. The highest BCUT2D eigenvalue weighted by molar-refractivity contribution is 6.51. The van der Waals surface area contributed by atoms with Crippen molar-refractivity contribution in [3.05, 3.63) is 71.8 Å². The lowest BCUT2D eigenvalue weighted by molar-refractivity contribution is -0.140. The molecule has 2 aromatic carbocycles. The fourth-order valence-corrected chi connectivity index (χ4v) is 3.85. The second-order valence-electron chi connectivity index (χ2n) is 7.36. The van der Waals surface area contributed by atoms with Gasteiger partial charge < -0.3 is 18.9 Å². The molecule has 2 aromatic rings. The Morgan fingerprint density at radius 3 is 1.45 bits per heavy atom. The summed E-state index contributed by atoms with van der Waals surface area (Å²) in [6.45, 7) is 0.0609. The van der Waals surface area contributed by atoms with E-state index in [2.05, 4.69) is 0 Å². The second-order valence-corrected chi connectivity index (χ2v) is 8.80. The highest BCUT2D eigenvalue weighted by Crippen LogP contribution is 2.59. The predicted octanol–water partition coefficient (Wildman–Crippen LogP) is 4.94. The first kappa shape index (κ1) is 24.7. The van der Waals surface area contributed by atoms with E-state index in [4.69, 9.17) is 42.1 Å². The maximum Gasteiger partial charge on any atom is 0.330 e. The van der Waals surface area contributed by atoms with Crippen molar-refractivity contribution < 1.29 is 28.5 Å². The summed E-state index contributed by atoms with van der Waals surface area (Å²) in [5.74, 6) is -0.214. The highest BCUT2D eigenvalue weighted by atomic mass is 35.5. The zero-order chi connectivity index (χ0) is 23.8. The number of carbonyl (C=O) groups excluding carboxylic acids is 2. The molecule has 1 saturated carbocycles. The molecular weight excluding hydrogens is 467 g/mol. The summed E-state index contributed by atoms with van der Waals surface area (Å²) in [5, 5.41) is 0. The van der Waals surface area contributed by atoms with Gasteiger partial charge in [-0.15, -0.1) is 23.2 Å². The minimum atomic E-state index is -1.11. The van der Waals surface area contributed by atoms with Crippen molar-refractivity contribution in [3.8, 4) is 11.5 Å². The molecular formula is C25H24Cl2O6. The largest absolute Gasteiger partial charge is 0.497 e. The van der Waals surface area contributed by atoms with Crippen molar-refractivity contribution in [2.24, 2.45) is 11.8 Å². The molecule has 2 unspecified atom stereocenters. The number of alkyl halides is 2. The molecule has 1 aliphatic rings. The van der Waals surface area contributed by atoms with Gasteiger partial charge in [-0.3, -0.25) is 0 Å². The fraction of sp³-hybridized carbons (Fsp3) is 0.280. The molecule has 0 aliphatic heterocycles. The van der Waals surface area contributed by atoms with Gasteiger partial charge >= 0.3 is 11.9 Å². The van der Waals surface area contributed by atoms with Crippen LogP contribution in [0.4, 0.5) is 0 Å². The highest BCUT2D eigenvalue weighted by Gasteiger charge is 2.64. The average Bonchev–Trinajstić information content (AvgIpc) is 3.37. The first-order valence-electron chi connectivity index (χ1n) is 10.2. The Hall–Kier alpha value is -2.96. The first-order chi connectivity index (χ1) is 15.8. The van der Waals surface area contributed by atoms with Crippen LogP contribution in [-0.4, -0.2) is 43.7 Å². The van der Waals surface area contributed by atoms with Gasteiger partial charge in [0.25, 0.3) is 0 Å². The van der Waals surface area contributed by atoms with Gasteiger partial charge in [0.15, 0.2) is 0 Å². The molecule has 0 amide bonds. The van der Waals surface area contributed by atoms with Crippen LogP contribution in [0.2, 0.25) is 0 Å². The quantitative estimate of drug-likeness (QED) is 0.267. The summed E-state index contributed by atoms with van der Waals surface area (Å²) in [4.78, 5) is 24.0. The average molecular weight is 491 g/mol. The summed E-state index contributed by atoms with van der Waals surface area (Å²) in [6.07, 6.45) is 5.93. The van der Waals surface area contributed by atoms with Gasteiger partial charge in [-0.1, -0.05) is 24.3 Å². The van der Waals surface area contributed by atoms with Crippen LogP contribution >= 0.6 is 23.2 Å². The Bertz CT molecular complexity index is 931. The number of carbonyl (C=O) groups is 2. The smallest absolute Gasteiger partial charge is 0.330 e. The molecule has 0 bridgehead atoms. The van der Waals surface area contributed by atoms with E-state index in [9.17, 15) is 9.59 Å². The molecule has 0 spiro atoms. The minimum Gasteiger partial charge on any atom is -0.497 e. The van der Waals surface area contributed by atoms with Gasteiger partial charge in [0.05, 0.1) is 27.4 Å². The standard InChI is InChI=1S/C25H24Cl2O6/c1-30-19-9-3-17(4-10-19)7-13-23(28)32-15-21-22(25(21,26)27)16-33-24(29)14-8-18-5-11-20(31-2)12-6-18/h3-14,21-22H,15-16H2,1-2H3. The molecule has 6 nitrogen and oxygen atoms in total. The summed E-state index contributed by atoms with van der Waals surface area (Å²) >= 11 is 12.5. The van der Waals surface area contributed by atoms with Crippen LogP contribution in [0.3, 0.4) is 0 Å². The summed E-state index contributed by atoms with van der Waals surface area (Å²) in [5.41, 5.74) is 1.66. The zero-order valence-electron chi connectivity index (χ0n) is 18.2. The van der Waals surface area contributed by atoms with Crippen molar-refractivity contribution in [1.29, 1.82) is 0 Å². The Balaban J connectivity index is 1.41. The summed E-state index contributed by atoms with van der Waals surface area (Å²) in [7, 11) is 3.17. The minimum absolute atomic E-state index is 0.0304. The van der Waals surface area contributed by atoms with E-state index in [1.165, 1.54) is 12.2 Å². The van der Waals surface area contributed by atoms with Gasteiger partial charge in [0.2, 0.25) is 0 Å². The second kappa shape index (κ2) is 11.3. The topological polar surface area (TPSA) is 71.1 Å². The Morgan fingerprint density at radius 2 is 1.12 bits per heavy atom. The van der Waals surface area contributed by atoms with E-state index in [0.29, 0.717) is 0 Å². The number of hydrogen-bond donors (Lipinski definition) is 0. The van der Waals surface area contributed by atoms with Crippen LogP contribution in [0.25, 0.3) is 12.2 Å². The van der Waals surface area contributed by atoms with Gasteiger partial charge in [0.1, 0.15) is 15.8 Å². The van der Waals surface area contributed by atoms with E-state index >= 15 is 0 Å². The van der Waals surface area contributed by atoms with E-state index in [1.807, 2.05) is 24.3 Å². The molecule has 33 heavy (non-hydrogen) atoms. The van der Waals surface area contributed by atoms with Crippen molar-refractivity contribution in [2.75, 3.05) is 27.4 Å². The Labute approximate surface area is 202 Å². The lowest BCUT2D eigenvalue weighted by atomic mass is 10.2. The van der Waals surface area contributed by atoms with E-state index in [1.54, 1.807) is 50.6 Å². The zero-order valence-corrected chi connectivity index (χ0v) is 19.7. The van der Waals surface area contributed by atoms with Crippen molar-refractivity contribution in [1.82, 2.24) is 0 Å². The number of benzene rings is 2. The molecule has 8 heteroatoms. The normalized spacial score (nSPS) is 18.8. The molecule has 1 fully saturated rings. The summed E-state index contributed by atoms with van der Waals surface area (Å²) < 4.78 is 19.6. The number of rotatable bonds is 10. The third-order valence-corrected chi connectivity index (χ3v) is 6.35. The lowest BCUT2D eigenvalue weighted by Gasteiger charge is -2.02. The molecule has 0 radical (unpaired) electrons. The van der Waals surface area contributed by atoms with Crippen molar-refractivity contribution >= 4 is 47.3 Å². The van der Waals surface area contributed by atoms with Crippen molar-refractivity contribution in [3.63, 3.8) is 0 Å². The molecule has 0 N–H and O–H groups in total. The Morgan fingerprint density at radius 1 is 0.758 bits per heavy atom. The molecule has 3 rings (SSSR count). The van der Waals surface area contributed by atoms with Crippen LogP contribution < -0.4 is 9.47 Å². The SMILES string of the molecule is COc1ccc(C=CC(=O)OCC2C(COC(=O)C=Cc3ccc(OC)cc3)C2(Cl)Cl)cc1. The lowest BCUT2D eigenvalue weighted by Crippen LogP contribution is -2.08. The molecule has 2 atom stereocenters. The number of esters is 2. The molecule has 0 heterocycles.